The number of phosphoric ester groups is 1. The molecule has 3 N–H and O–H groups in total. The molecule has 5 atom stereocenters. The van der Waals surface area contributed by atoms with E-state index in [1.807, 2.05) is 13.8 Å². The monoisotopic (exact) mass is 527 g/mol. The second-order valence-corrected chi connectivity index (χ2v) is 10.0. The van der Waals surface area contributed by atoms with E-state index >= 15 is 0 Å². The largest absolute Gasteiger partial charge is 0.472 e. The fourth-order valence-corrected chi connectivity index (χ4v) is 2.94. The van der Waals surface area contributed by atoms with E-state index in [9.17, 15) is 28.6 Å². The van der Waals surface area contributed by atoms with E-state index in [1.165, 1.54) is 0 Å². The molecule has 0 aliphatic rings. The van der Waals surface area contributed by atoms with E-state index < -0.39 is 82.3 Å². The molecule has 0 aliphatic heterocycles. The topological polar surface area (TPSA) is 187 Å². The van der Waals surface area contributed by atoms with Gasteiger partial charge < -0.3 is 29.6 Å². The number of hydrogen-bond acceptors (Lipinski definition) is 12. The maximum Gasteiger partial charge on any atom is 0.472 e. The summed E-state index contributed by atoms with van der Waals surface area (Å²) in [6.45, 7) is 8.77. The molecule has 0 aromatic rings. The van der Waals surface area contributed by atoms with E-state index in [0.29, 0.717) is 0 Å². The highest BCUT2D eigenvalue weighted by Crippen LogP contribution is 2.43. The van der Waals surface area contributed by atoms with Crippen molar-refractivity contribution >= 4 is 31.7 Å². The van der Waals surface area contributed by atoms with Crippen LogP contribution in [0, 0.1) is 17.8 Å². The second-order valence-electron chi connectivity index (χ2n) is 8.59. The van der Waals surface area contributed by atoms with Crippen LogP contribution < -0.4 is 5.73 Å². The SMILES string of the molecule is CC(=O)OC[C@H](COP(=O)(O)OCC(COC(=O)[C@@H](N)C(C)C)OC(=O)[C@@H](C)C(C)C)OC(C)=O. The van der Waals surface area contributed by atoms with E-state index in [4.69, 9.17) is 33.7 Å². The molecule has 0 rings (SSSR count). The van der Waals surface area contributed by atoms with Crippen LogP contribution in [0.15, 0.2) is 0 Å². The number of carbonyl (C=O) groups is 4. The van der Waals surface area contributed by atoms with Gasteiger partial charge in [0.25, 0.3) is 0 Å². The third-order valence-electron chi connectivity index (χ3n) is 4.71. The first-order valence-corrected chi connectivity index (χ1v) is 12.6. The van der Waals surface area contributed by atoms with Gasteiger partial charge in [0.1, 0.15) is 19.3 Å². The summed E-state index contributed by atoms with van der Waals surface area (Å²) < 4.78 is 42.0. The van der Waals surface area contributed by atoms with Crippen molar-refractivity contribution in [3.8, 4) is 0 Å². The van der Waals surface area contributed by atoms with E-state index in [1.54, 1.807) is 20.8 Å². The highest BCUT2D eigenvalue weighted by molar-refractivity contribution is 7.47. The van der Waals surface area contributed by atoms with Crippen LogP contribution in [-0.2, 0) is 51.7 Å². The van der Waals surface area contributed by atoms with Crippen LogP contribution in [0.5, 0.6) is 0 Å². The minimum Gasteiger partial charge on any atom is -0.462 e. The molecule has 0 saturated carbocycles. The third-order valence-corrected chi connectivity index (χ3v) is 5.66. The van der Waals surface area contributed by atoms with Gasteiger partial charge in [-0.1, -0.05) is 34.6 Å². The van der Waals surface area contributed by atoms with Gasteiger partial charge in [-0.15, -0.1) is 0 Å². The lowest BCUT2D eigenvalue weighted by atomic mass is 9.98. The average Bonchev–Trinajstić information content (AvgIpc) is 2.75. The fourth-order valence-electron chi connectivity index (χ4n) is 2.16. The lowest BCUT2D eigenvalue weighted by Gasteiger charge is -2.24. The van der Waals surface area contributed by atoms with Crippen LogP contribution in [0.2, 0.25) is 0 Å². The molecule has 0 aromatic heterocycles. The van der Waals surface area contributed by atoms with Crippen molar-refractivity contribution in [2.75, 3.05) is 26.4 Å². The highest BCUT2D eigenvalue weighted by atomic mass is 31.2. The van der Waals surface area contributed by atoms with Crippen molar-refractivity contribution in [2.45, 2.75) is 66.7 Å². The van der Waals surface area contributed by atoms with Crippen molar-refractivity contribution in [1.82, 2.24) is 0 Å². The molecular formula is C21H38NO12P. The Kier molecular flexibility index (Phi) is 14.9. The Balaban J connectivity index is 5.16. The highest BCUT2D eigenvalue weighted by Gasteiger charge is 2.30. The summed E-state index contributed by atoms with van der Waals surface area (Å²) in [5.41, 5.74) is 5.74. The van der Waals surface area contributed by atoms with Crippen molar-refractivity contribution in [3.05, 3.63) is 0 Å². The molecule has 0 aromatic carbocycles. The summed E-state index contributed by atoms with van der Waals surface area (Å²) in [6, 6.07) is -0.912. The predicted molar refractivity (Wildman–Crippen MR) is 122 cm³/mol. The average molecular weight is 528 g/mol. The second kappa shape index (κ2) is 15.8. The summed E-state index contributed by atoms with van der Waals surface area (Å²) in [4.78, 5) is 56.5. The van der Waals surface area contributed by atoms with Crippen molar-refractivity contribution in [2.24, 2.45) is 23.5 Å². The lowest BCUT2D eigenvalue weighted by molar-refractivity contribution is -0.166. The Morgan fingerprint density at radius 3 is 1.66 bits per heavy atom. The first-order chi connectivity index (χ1) is 16.1. The van der Waals surface area contributed by atoms with Crippen LogP contribution in [-0.4, -0.2) is 73.4 Å². The summed E-state index contributed by atoms with van der Waals surface area (Å²) in [5.74, 6) is -3.51. The molecule has 35 heavy (non-hydrogen) atoms. The van der Waals surface area contributed by atoms with Crippen molar-refractivity contribution < 1.29 is 56.6 Å². The molecule has 14 heteroatoms. The Bertz CT molecular complexity index is 757. The molecule has 2 unspecified atom stereocenters. The Morgan fingerprint density at radius 1 is 0.743 bits per heavy atom. The molecular weight excluding hydrogens is 489 g/mol. The van der Waals surface area contributed by atoms with Crippen LogP contribution in [0.4, 0.5) is 0 Å². The summed E-state index contributed by atoms with van der Waals surface area (Å²) in [7, 11) is -4.75. The number of esters is 4. The minimum atomic E-state index is -4.75. The Hall–Kier alpha value is -2.05. The van der Waals surface area contributed by atoms with Crippen LogP contribution in [0.25, 0.3) is 0 Å². The van der Waals surface area contributed by atoms with Crippen LogP contribution >= 0.6 is 7.82 Å². The molecule has 204 valence electrons. The molecule has 13 nitrogen and oxygen atoms in total. The van der Waals surface area contributed by atoms with Gasteiger partial charge >= 0.3 is 31.7 Å². The van der Waals surface area contributed by atoms with Crippen molar-refractivity contribution in [3.63, 3.8) is 0 Å². The van der Waals surface area contributed by atoms with Gasteiger partial charge in [-0.05, 0) is 11.8 Å². The number of nitrogens with two attached hydrogens (primary N) is 1. The maximum atomic E-state index is 12.4. The van der Waals surface area contributed by atoms with E-state index in [-0.39, 0.29) is 11.8 Å². The number of ether oxygens (including phenoxy) is 4. The number of carbonyl (C=O) groups excluding carboxylic acids is 4. The first-order valence-electron chi connectivity index (χ1n) is 11.1. The number of phosphoric acid groups is 1. The quantitative estimate of drug-likeness (QED) is 0.166. The van der Waals surface area contributed by atoms with Crippen LogP contribution in [0.3, 0.4) is 0 Å². The predicted octanol–water partition coefficient (Wildman–Crippen LogP) is 1.35. The molecule has 0 fully saturated rings. The molecule has 0 radical (unpaired) electrons. The van der Waals surface area contributed by atoms with Gasteiger partial charge in [0.05, 0.1) is 19.1 Å². The number of rotatable bonds is 16. The molecule has 0 saturated heterocycles. The summed E-state index contributed by atoms with van der Waals surface area (Å²) in [5, 5.41) is 0. The molecule has 0 aliphatic carbocycles. The summed E-state index contributed by atoms with van der Waals surface area (Å²) in [6.07, 6.45) is -2.40. The zero-order valence-corrected chi connectivity index (χ0v) is 22.1. The molecule has 0 heterocycles. The van der Waals surface area contributed by atoms with E-state index in [2.05, 4.69) is 0 Å². The Labute approximate surface area is 205 Å². The zero-order chi connectivity index (χ0) is 27.3. The summed E-state index contributed by atoms with van der Waals surface area (Å²) >= 11 is 0. The molecule has 0 amide bonds. The Morgan fingerprint density at radius 2 is 1.23 bits per heavy atom. The first kappa shape index (κ1) is 33.0. The van der Waals surface area contributed by atoms with Crippen molar-refractivity contribution in [1.29, 1.82) is 0 Å². The van der Waals surface area contributed by atoms with Gasteiger partial charge in [0.2, 0.25) is 0 Å². The molecule has 0 spiro atoms. The lowest BCUT2D eigenvalue weighted by Crippen LogP contribution is -2.40. The van der Waals surface area contributed by atoms with Crippen LogP contribution in [0.1, 0.15) is 48.5 Å². The maximum absolute atomic E-state index is 12.4. The fraction of sp³-hybridized carbons (Fsp3) is 0.810. The van der Waals surface area contributed by atoms with Gasteiger partial charge in [-0.2, -0.15) is 0 Å². The number of hydrogen-bond donors (Lipinski definition) is 2. The zero-order valence-electron chi connectivity index (χ0n) is 21.3. The smallest absolute Gasteiger partial charge is 0.462 e. The molecule has 0 bridgehead atoms. The standard InChI is InChI=1S/C21H38NO12P/c1-12(2)14(5)20(25)34-18(9-30-21(26)19(22)13(3)4)11-32-35(27,28)31-10-17(33-16(7)24)8-29-15(6)23/h12-14,17-19H,8-11,22H2,1-7H3,(H,27,28)/t14-,17+,18?,19-/m0/s1. The van der Waals surface area contributed by atoms with Gasteiger partial charge in [-0.25, -0.2) is 4.57 Å². The third kappa shape index (κ3) is 14.8. The minimum absolute atomic E-state index is 0.0521. The van der Waals surface area contributed by atoms with Gasteiger partial charge in [-0.3, -0.25) is 28.2 Å². The van der Waals surface area contributed by atoms with Gasteiger partial charge in [0, 0.05) is 13.8 Å². The normalized spacial score (nSPS) is 16.5. The van der Waals surface area contributed by atoms with E-state index in [0.717, 1.165) is 13.8 Å². The van der Waals surface area contributed by atoms with Gasteiger partial charge in [0.15, 0.2) is 12.2 Å².